The van der Waals surface area contributed by atoms with Crippen molar-refractivity contribution in [3.8, 4) is 0 Å². The second kappa shape index (κ2) is 3.27. The normalized spacial score (nSPS) is 10.0. The summed E-state index contributed by atoms with van der Waals surface area (Å²) < 4.78 is 4.68. The van der Waals surface area contributed by atoms with E-state index in [4.69, 9.17) is 0 Å². The van der Waals surface area contributed by atoms with E-state index in [0.29, 0.717) is 0 Å². The Morgan fingerprint density at radius 2 is 1.83 bits per heavy atom. The number of hydrogen-bond acceptors (Lipinski definition) is 3. The maximum Gasteiger partial charge on any atom is 0.339 e. The molecule has 0 fully saturated rings. The molecule has 1 rings (SSSR count). The van der Waals surface area contributed by atoms with Gasteiger partial charge in [0.2, 0.25) is 0 Å². The van der Waals surface area contributed by atoms with Crippen LogP contribution in [0.15, 0.2) is 0 Å². The molecule has 1 aromatic heterocycles. The average Bonchev–Trinajstić information content (AvgIpc) is 2.26. The molecule has 66 valence electrons. The highest BCUT2D eigenvalue weighted by atomic mass is 32.1. The van der Waals surface area contributed by atoms with E-state index in [1.807, 2.05) is 20.8 Å². The summed E-state index contributed by atoms with van der Waals surface area (Å²) in [4.78, 5) is 13.5. The number of carbonyl (C=O) groups is 1. The van der Waals surface area contributed by atoms with Crippen molar-refractivity contribution in [1.29, 1.82) is 0 Å². The molecule has 0 bridgehead atoms. The van der Waals surface area contributed by atoms with Crippen LogP contribution in [0.2, 0.25) is 0 Å². The van der Waals surface area contributed by atoms with Gasteiger partial charge in [0.05, 0.1) is 12.7 Å². The van der Waals surface area contributed by atoms with E-state index in [0.717, 1.165) is 16.0 Å². The molecule has 0 saturated carbocycles. The van der Waals surface area contributed by atoms with Crippen molar-refractivity contribution in [2.24, 2.45) is 0 Å². The van der Waals surface area contributed by atoms with Gasteiger partial charge < -0.3 is 4.74 Å². The second-order valence-corrected chi connectivity index (χ2v) is 4.13. The number of rotatable bonds is 1. The maximum atomic E-state index is 11.3. The van der Waals surface area contributed by atoms with E-state index in [-0.39, 0.29) is 5.97 Å². The van der Waals surface area contributed by atoms with Crippen LogP contribution in [0.25, 0.3) is 0 Å². The lowest BCUT2D eigenvalue weighted by Gasteiger charge is -1.98. The Morgan fingerprint density at radius 3 is 2.17 bits per heavy atom. The SMILES string of the molecule is COC(=O)c1c(C)sc(C)c1C. The minimum atomic E-state index is -0.227. The first-order valence-electron chi connectivity index (χ1n) is 3.72. The summed E-state index contributed by atoms with van der Waals surface area (Å²) in [7, 11) is 1.41. The quantitative estimate of drug-likeness (QED) is 0.627. The molecule has 0 radical (unpaired) electrons. The van der Waals surface area contributed by atoms with Crippen LogP contribution in [-0.4, -0.2) is 13.1 Å². The minimum absolute atomic E-state index is 0.227. The zero-order valence-electron chi connectivity index (χ0n) is 7.72. The van der Waals surface area contributed by atoms with Gasteiger partial charge in [0, 0.05) is 9.75 Å². The Labute approximate surface area is 76.2 Å². The summed E-state index contributed by atoms with van der Waals surface area (Å²) in [5.41, 5.74) is 1.78. The summed E-state index contributed by atoms with van der Waals surface area (Å²) in [6, 6.07) is 0. The Morgan fingerprint density at radius 1 is 1.25 bits per heavy atom. The third-order valence-electron chi connectivity index (χ3n) is 1.95. The first kappa shape index (κ1) is 9.26. The van der Waals surface area contributed by atoms with Crippen LogP contribution in [-0.2, 0) is 4.74 Å². The first-order valence-corrected chi connectivity index (χ1v) is 4.54. The smallest absolute Gasteiger partial charge is 0.339 e. The summed E-state index contributed by atoms with van der Waals surface area (Å²) in [5, 5.41) is 0. The Balaban J connectivity index is 3.22. The molecule has 1 aromatic rings. The van der Waals surface area contributed by atoms with Gasteiger partial charge in [0.15, 0.2) is 0 Å². The molecule has 0 aliphatic carbocycles. The zero-order valence-corrected chi connectivity index (χ0v) is 8.54. The average molecular weight is 184 g/mol. The van der Waals surface area contributed by atoms with Gasteiger partial charge in [-0.3, -0.25) is 0 Å². The highest BCUT2D eigenvalue weighted by Crippen LogP contribution is 2.26. The Kier molecular flexibility index (Phi) is 2.52. The van der Waals surface area contributed by atoms with Gasteiger partial charge >= 0.3 is 5.97 Å². The molecular formula is C9H12O2S. The van der Waals surface area contributed by atoms with E-state index in [1.54, 1.807) is 11.3 Å². The molecule has 0 atom stereocenters. The fraction of sp³-hybridized carbons (Fsp3) is 0.444. The van der Waals surface area contributed by atoms with Crippen molar-refractivity contribution in [2.45, 2.75) is 20.8 Å². The van der Waals surface area contributed by atoms with Crippen LogP contribution < -0.4 is 0 Å². The predicted molar refractivity (Wildman–Crippen MR) is 49.9 cm³/mol. The second-order valence-electron chi connectivity index (χ2n) is 2.71. The van der Waals surface area contributed by atoms with E-state index in [2.05, 4.69) is 4.74 Å². The molecule has 1 heterocycles. The number of hydrogen-bond donors (Lipinski definition) is 0. The molecule has 0 N–H and O–H groups in total. The van der Waals surface area contributed by atoms with E-state index in [1.165, 1.54) is 12.0 Å². The Bertz CT molecular complexity index is 313. The lowest BCUT2D eigenvalue weighted by molar-refractivity contribution is 0.0600. The molecule has 0 amide bonds. The summed E-state index contributed by atoms with van der Waals surface area (Å²) in [6.07, 6.45) is 0. The lowest BCUT2D eigenvalue weighted by atomic mass is 10.1. The fourth-order valence-corrected chi connectivity index (χ4v) is 2.25. The summed E-state index contributed by atoms with van der Waals surface area (Å²) >= 11 is 1.64. The van der Waals surface area contributed by atoms with Crippen LogP contribution in [0.5, 0.6) is 0 Å². The Hall–Kier alpha value is -0.830. The third kappa shape index (κ3) is 1.37. The molecule has 3 heteroatoms. The first-order chi connectivity index (χ1) is 5.57. The van der Waals surface area contributed by atoms with Crippen molar-refractivity contribution in [1.82, 2.24) is 0 Å². The highest BCUT2D eigenvalue weighted by molar-refractivity contribution is 7.12. The maximum absolute atomic E-state index is 11.3. The van der Waals surface area contributed by atoms with Crippen LogP contribution in [0, 0.1) is 20.8 Å². The van der Waals surface area contributed by atoms with Gasteiger partial charge in [-0.15, -0.1) is 11.3 Å². The summed E-state index contributed by atoms with van der Waals surface area (Å²) in [5.74, 6) is -0.227. The number of methoxy groups -OCH3 is 1. The number of carbonyl (C=O) groups excluding carboxylic acids is 1. The number of aryl methyl sites for hydroxylation is 2. The minimum Gasteiger partial charge on any atom is -0.465 e. The van der Waals surface area contributed by atoms with Crippen LogP contribution >= 0.6 is 11.3 Å². The van der Waals surface area contributed by atoms with Gasteiger partial charge in [-0.25, -0.2) is 4.79 Å². The number of ether oxygens (including phenoxy) is 1. The van der Waals surface area contributed by atoms with Crippen molar-refractivity contribution >= 4 is 17.3 Å². The van der Waals surface area contributed by atoms with Gasteiger partial charge in [0.25, 0.3) is 0 Å². The van der Waals surface area contributed by atoms with E-state index in [9.17, 15) is 4.79 Å². The molecule has 0 saturated heterocycles. The van der Waals surface area contributed by atoms with Crippen molar-refractivity contribution in [2.75, 3.05) is 7.11 Å². The van der Waals surface area contributed by atoms with Gasteiger partial charge in [-0.2, -0.15) is 0 Å². The van der Waals surface area contributed by atoms with Crippen molar-refractivity contribution < 1.29 is 9.53 Å². The molecule has 0 aliphatic heterocycles. The number of esters is 1. The van der Waals surface area contributed by atoms with Crippen LogP contribution in [0.1, 0.15) is 25.7 Å². The van der Waals surface area contributed by atoms with E-state index < -0.39 is 0 Å². The van der Waals surface area contributed by atoms with Gasteiger partial charge in [-0.1, -0.05) is 0 Å². The molecule has 0 aromatic carbocycles. The highest BCUT2D eigenvalue weighted by Gasteiger charge is 2.16. The standard InChI is InChI=1S/C9H12O2S/c1-5-6(2)12-7(3)8(5)9(10)11-4/h1-4H3. The number of thiophene rings is 1. The fourth-order valence-electron chi connectivity index (χ4n) is 1.20. The van der Waals surface area contributed by atoms with E-state index >= 15 is 0 Å². The summed E-state index contributed by atoms with van der Waals surface area (Å²) in [6.45, 7) is 5.90. The monoisotopic (exact) mass is 184 g/mol. The predicted octanol–water partition coefficient (Wildman–Crippen LogP) is 2.46. The van der Waals surface area contributed by atoms with Crippen LogP contribution in [0.3, 0.4) is 0 Å². The molecule has 0 unspecified atom stereocenters. The molecule has 0 spiro atoms. The van der Waals surface area contributed by atoms with Gasteiger partial charge in [-0.05, 0) is 26.3 Å². The van der Waals surface area contributed by atoms with Crippen molar-refractivity contribution in [3.05, 3.63) is 20.9 Å². The molecular weight excluding hydrogens is 172 g/mol. The zero-order chi connectivity index (χ0) is 9.30. The lowest BCUT2D eigenvalue weighted by Crippen LogP contribution is -2.03. The van der Waals surface area contributed by atoms with Crippen LogP contribution in [0.4, 0.5) is 0 Å². The van der Waals surface area contributed by atoms with Crippen molar-refractivity contribution in [3.63, 3.8) is 0 Å². The topological polar surface area (TPSA) is 26.3 Å². The third-order valence-corrected chi connectivity index (χ3v) is 3.07. The molecule has 12 heavy (non-hydrogen) atoms. The molecule has 2 nitrogen and oxygen atoms in total. The largest absolute Gasteiger partial charge is 0.465 e. The van der Waals surface area contributed by atoms with Gasteiger partial charge in [0.1, 0.15) is 0 Å². The molecule has 0 aliphatic rings.